The molecule has 1 atom stereocenters. The first-order valence-corrected chi connectivity index (χ1v) is 5.92. The highest BCUT2D eigenvalue weighted by molar-refractivity contribution is 5.22. The van der Waals surface area contributed by atoms with Gasteiger partial charge in [0.15, 0.2) is 0 Å². The van der Waals surface area contributed by atoms with E-state index in [1.807, 2.05) is 0 Å². The van der Waals surface area contributed by atoms with E-state index in [2.05, 4.69) is 36.3 Å². The van der Waals surface area contributed by atoms with Crippen LogP contribution in [0.2, 0.25) is 0 Å². The van der Waals surface area contributed by atoms with E-state index in [4.69, 9.17) is 0 Å². The zero-order valence-corrected chi connectivity index (χ0v) is 9.93. The fourth-order valence-electron chi connectivity index (χ4n) is 2.20. The SMILES string of the molecule is Cc1n[nH]c(C)c1CNC(C)C1CCC1. The van der Waals surface area contributed by atoms with Gasteiger partial charge >= 0.3 is 0 Å². The molecular weight excluding hydrogens is 186 g/mol. The van der Waals surface area contributed by atoms with Crippen molar-refractivity contribution >= 4 is 0 Å². The van der Waals surface area contributed by atoms with E-state index in [1.165, 1.54) is 30.5 Å². The summed E-state index contributed by atoms with van der Waals surface area (Å²) in [6.07, 6.45) is 4.22. The van der Waals surface area contributed by atoms with Crippen LogP contribution < -0.4 is 5.32 Å². The molecule has 0 radical (unpaired) electrons. The van der Waals surface area contributed by atoms with E-state index in [-0.39, 0.29) is 0 Å². The summed E-state index contributed by atoms with van der Waals surface area (Å²) in [6, 6.07) is 0.646. The topological polar surface area (TPSA) is 40.7 Å². The maximum atomic E-state index is 4.21. The van der Waals surface area contributed by atoms with Crippen LogP contribution in [0, 0.1) is 19.8 Å². The molecule has 0 aliphatic heterocycles. The van der Waals surface area contributed by atoms with Crippen molar-refractivity contribution in [3.05, 3.63) is 17.0 Å². The summed E-state index contributed by atoms with van der Waals surface area (Å²) in [5, 5.41) is 10.8. The minimum absolute atomic E-state index is 0.646. The fourth-order valence-corrected chi connectivity index (χ4v) is 2.20. The number of nitrogens with one attached hydrogen (secondary N) is 2. The minimum Gasteiger partial charge on any atom is -0.310 e. The van der Waals surface area contributed by atoms with Gasteiger partial charge in [-0.15, -0.1) is 0 Å². The molecule has 1 aliphatic rings. The Labute approximate surface area is 91.7 Å². The van der Waals surface area contributed by atoms with Crippen LogP contribution in [0.5, 0.6) is 0 Å². The van der Waals surface area contributed by atoms with Crippen molar-refractivity contribution in [2.24, 2.45) is 5.92 Å². The van der Waals surface area contributed by atoms with Gasteiger partial charge in [0.1, 0.15) is 0 Å². The second kappa shape index (κ2) is 4.35. The lowest BCUT2D eigenvalue weighted by molar-refractivity contribution is 0.240. The largest absolute Gasteiger partial charge is 0.310 e. The lowest BCUT2D eigenvalue weighted by Crippen LogP contribution is -2.36. The highest BCUT2D eigenvalue weighted by Gasteiger charge is 2.23. The molecule has 1 heterocycles. The van der Waals surface area contributed by atoms with Crippen molar-refractivity contribution in [3.63, 3.8) is 0 Å². The molecule has 0 amide bonds. The summed E-state index contributed by atoms with van der Waals surface area (Å²) in [6.45, 7) is 7.40. The van der Waals surface area contributed by atoms with Crippen molar-refractivity contribution in [2.75, 3.05) is 0 Å². The molecule has 3 heteroatoms. The molecule has 2 rings (SSSR count). The van der Waals surface area contributed by atoms with Crippen molar-refractivity contribution in [3.8, 4) is 0 Å². The smallest absolute Gasteiger partial charge is 0.0638 e. The number of aryl methyl sites for hydroxylation is 2. The lowest BCUT2D eigenvalue weighted by atomic mass is 9.80. The molecule has 0 saturated heterocycles. The van der Waals surface area contributed by atoms with Crippen LogP contribution in [0.1, 0.15) is 43.1 Å². The van der Waals surface area contributed by atoms with E-state index in [0.717, 1.165) is 18.2 Å². The highest BCUT2D eigenvalue weighted by atomic mass is 15.1. The van der Waals surface area contributed by atoms with Gasteiger partial charge in [-0.25, -0.2) is 0 Å². The number of aromatic amines is 1. The van der Waals surface area contributed by atoms with Gasteiger partial charge in [-0.2, -0.15) is 5.10 Å². The van der Waals surface area contributed by atoms with E-state index in [0.29, 0.717) is 6.04 Å². The first-order valence-electron chi connectivity index (χ1n) is 5.92. The number of nitrogens with zero attached hydrogens (tertiary/aromatic N) is 1. The van der Waals surface area contributed by atoms with Crippen LogP contribution in [-0.2, 0) is 6.54 Å². The summed E-state index contributed by atoms with van der Waals surface area (Å²) >= 11 is 0. The summed E-state index contributed by atoms with van der Waals surface area (Å²) in [5.74, 6) is 0.900. The molecule has 0 bridgehead atoms. The highest BCUT2D eigenvalue weighted by Crippen LogP contribution is 2.29. The van der Waals surface area contributed by atoms with Crippen molar-refractivity contribution in [2.45, 2.75) is 52.6 Å². The molecule has 15 heavy (non-hydrogen) atoms. The van der Waals surface area contributed by atoms with Crippen molar-refractivity contribution in [1.82, 2.24) is 15.5 Å². The number of rotatable bonds is 4. The molecular formula is C12H21N3. The first kappa shape index (κ1) is 10.7. The third-order valence-electron chi connectivity index (χ3n) is 3.74. The molecule has 1 unspecified atom stereocenters. The summed E-state index contributed by atoms with van der Waals surface area (Å²) in [5.41, 5.74) is 3.66. The predicted octanol–water partition coefficient (Wildman–Crippen LogP) is 2.30. The number of hydrogen-bond donors (Lipinski definition) is 2. The van der Waals surface area contributed by atoms with Gasteiger partial charge in [-0.05, 0) is 39.5 Å². The van der Waals surface area contributed by atoms with Crippen molar-refractivity contribution in [1.29, 1.82) is 0 Å². The van der Waals surface area contributed by atoms with E-state index >= 15 is 0 Å². The van der Waals surface area contributed by atoms with Gasteiger partial charge in [0.25, 0.3) is 0 Å². The Balaban J connectivity index is 1.86. The molecule has 1 saturated carbocycles. The maximum Gasteiger partial charge on any atom is 0.0638 e. The molecule has 0 aromatic carbocycles. The monoisotopic (exact) mass is 207 g/mol. The predicted molar refractivity (Wildman–Crippen MR) is 61.7 cm³/mol. The average molecular weight is 207 g/mol. The number of H-pyrrole nitrogens is 1. The Kier molecular flexibility index (Phi) is 3.10. The Bertz CT molecular complexity index is 306. The third kappa shape index (κ3) is 2.23. The summed E-state index contributed by atoms with van der Waals surface area (Å²) < 4.78 is 0. The van der Waals surface area contributed by atoms with E-state index in [9.17, 15) is 0 Å². The van der Waals surface area contributed by atoms with Crippen molar-refractivity contribution < 1.29 is 0 Å². The van der Waals surface area contributed by atoms with Gasteiger partial charge in [0.05, 0.1) is 5.69 Å². The van der Waals surface area contributed by atoms with E-state index < -0.39 is 0 Å². The Hall–Kier alpha value is -0.830. The van der Waals surface area contributed by atoms with Crippen LogP contribution in [-0.4, -0.2) is 16.2 Å². The normalized spacial score (nSPS) is 18.9. The van der Waals surface area contributed by atoms with Gasteiger partial charge in [-0.3, -0.25) is 5.10 Å². The maximum absolute atomic E-state index is 4.21. The van der Waals surface area contributed by atoms with Crippen LogP contribution in [0.3, 0.4) is 0 Å². The molecule has 1 aromatic heterocycles. The van der Waals surface area contributed by atoms with E-state index in [1.54, 1.807) is 0 Å². The fraction of sp³-hybridized carbons (Fsp3) is 0.750. The molecule has 1 fully saturated rings. The van der Waals surface area contributed by atoms with Crippen LogP contribution in [0.15, 0.2) is 0 Å². The summed E-state index contributed by atoms with van der Waals surface area (Å²) in [7, 11) is 0. The van der Waals surface area contributed by atoms with Gasteiger partial charge in [0.2, 0.25) is 0 Å². The third-order valence-corrected chi connectivity index (χ3v) is 3.74. The van der Waals surface area contributed by atoms with Crippen LogP contribution in [0.4, 0.5) is 0 Å². The molecule has 1 aliphatic carbocycles. The summed E-state index contributed by atoms with van der Waals surface area (Å²) in [4.78, 5) is 0. The second-order valence-electron chi connectivity index (χ2n) is 4.77. The Morgan fingerprint density at radius 2 is 2.20 bits per heavy atom. The van der Waals surface area contributed by atoms with Crippen LogP contribution >= 0.6 is 0 Å². The molecule has 1 aromatic rings. The average Bonchev–Trinajstić information content (AvgIpc) is 2.41. The minimum atomic E-state index is 0.646. The zero-order valence-electron chi connectivity index (χ0n) is 9.93. The van der Waals surface area contributed by atoms with Gasteiger partial charge < -0.3 is 5.32 Å². The Morgan fingerprint density at radius 1 is 1.47 bits per heavy atom. The van der Waals surface area contributed by atoms with Gasteiger partial charge in [0, 0.05) is 23.8 Å². The zero-order chi connectivity index (χ0) is 10.8. The molecule has 84 valence electrons. The van der Waals surface area contributed by atoms with Gasteiger partial charge in [-0.1, -0.05) is 6.42 Å². The Morgan fingerprint density at radius 3 is 2.67 bits per heavy atom. The number of hydrogen-bond acceptors (Lipinski definition) is 2. The van der Waals surface area contributed by atoms with Crippen LogP contribution in [0.25, 0.3) is 0 Å². The molecule has 0 spiro atoms. The standard InChI is InChI=1S/C12H21N3/c1-8(11-5-4-6-11)13-7-12-9(2)14-15-10(12)3/h8,11,13H,4-7H2,1-3H3,(H,14,15). The first-order chi connectivity index (χ1) is 7.18. The quantitative estimate of drug-likeness (QED) is 0.795. The lowest BCUT2D eigenvalue weighted by Gasteiger charge is -2.32. The second-order valence-corrected chi connectivity index (χ2v) is 4.77. The molecule has 2 N–H and O–H groups in total. The molecule has 3 nitrogen and oxygen atoms in total. The number of aromatic nitrogens is 2.